The average Bonchev–Trinajstić information content (AvgIpc) is 3.64. The van der Waals surface area contributed by atoms with E-state index in [-0.39, 0.29) is 41.6 Å². The van der Waals surface area contributed by atoms with Gasteiger partial charge in [-0.05, 0) is 6.42 Å². The Morgan fingerprint density at radius 1 is 1.04 bits per heavy atom. The van der Waals surface area contributed by atoms with Crippen molar-refractivity contribution in [2.75, 3.05) is 37.8 Å². The van der Waals surface area contributed by atoms with Crippen molar-refractivity contribution in [3.8, 4) is 0 Å². The van der Waals surface area contributed by atoms with Crippen LogP contribution in [0.2, 0.25) is 0 Å². The Hall–Kier alpha value is -2.97. The number of hydrogen-bond acceptors (Lipinski definition) is 19. The summed E-state index contributed by atoms with van der Waals surface area (Å²) in [6.07, 6.45) is -5.86. The maximum atomic E-state index is 12.6. The standard InChI is InChI=1S/C23H38N7O17P3S.C4H8O2/c1-12(31)51-7-6-25-14(32)4-5-26-21(35)18(34)23(2,3)9-44-50(41,42)47-49(39,40)43-8-13-17(46-48(36,37)38)16(33)22(45-13)30-11-29-15-19(24)27-10-28-20(15)30;1-2-3-4(5)6/h10-11,13,16-18,22,33-34H,4-9H2,1-3H3,(H,25,32)(H,26,35)(H,39,40)(H,41,42)(H2,24,27,28)(H2,36,37,38);2-3H2,1H3,(H,5,6)/t13-,16-,17-,18+,22-;/m1./s1. The molecule has 2 aromatic heterocycles. The SMILES string of the molecule is CC(=O)SCCNC(=O)CCNC(=O)[C@H](O)C(C)(C)COP(=O)(O)OP(=O)(O)OC[C@H]1O[C@@H](n2cnc3c(N)ncnc32)[C@H](O)[C@@H]1OP(=O)(O)O.CCCC(=O)O. The van der Waals surface area contributed by atoms with Crippen LogP contribution in [0.15, 0.2) is 12.7 Å². The van der Waals surface area contributed by atoms with Crippen molar-refractivity contribution in [1.29, 1.82) is 0 Å². The molecule has 2 amide bonds. The Kier molecular flexibility index (Phi) is 19.2. The molecule has 0 aliphatic carbocycles. The third-order valence-corrected chi connectivity index (χ3v) is 11.2. The zero-order chi connectivity index (χ0) is 43.4. The summed E-state index contributed by atoms with van der Waals surface area (Å²) in [5.41, 5.74) is 4.26. The predicted molar refractivity (Wildman–Crippen MR) is 195 cm³/mol. The van der Waals surface area contributed by atoms with Crippen LogP contribution >= 0.6 is 35.2 Å². The van der Waals surface area contributed by atoms with Gasteiger partial charge in [0.25, 0.3) is 0 Å². The number of ether oxygens (including phenoxy) is 1. The number of nitrogens with one attached hydrogen (secondary N) is 2. The summed E-state index contributed by atoms with van der Waals surface area (Å²) in [6, 6.07) is 0. The minimum absolute atomic E-state index is 0.0310. The van der Waals surface area contributed by atoms with Gasteiger partial charge < -0.3 is 56.0 Å². The second kappa shape index (κ2) is 21.9. The molecule has 324 valence electrons. The Labute approximate surface area is 328 Å². The van der Waals surface area contributed by atoms with Crippen molar-refractivity contribution in [3.05, 3.63) is 12.7 Å². The number of anilines is 1. The fourth-order valence-corrected chi connectivity index (χ4v) is 7.86. The van der Waals surface area contributed by atoms with Gasteiger partial charge in [0.05, 0.1) is 19.5 Å². The highest BCUT2D eigenvalue weighted by Crippen LogP contribution is 2.61. The lowest BCUT2D eigenvalue weighted by Crippen LogP contribution is -2.46. The second-order valence-electron chi connectivity index (χ2n) is 12.6. The van der Waals surface area contributed by atoms with Crippen LogP contribution in [0, 0.1) is 5.41 Å². The Morgan fingerprint density at radius 2 is 1.68 bits per heavy atom. The van der Waals surface area contributed by atoms with Crippen LogP contribution in [0.3, 0.4) is 0 Å². The zero-order valence-corrected chi connectivity index (χ0v) is 34.3. The number of nitrogens with two attached hydrogens (primary N) is 1. The largest absolute Gasteiger partial charge is 0.481 e. The molecule has 7 atom stereocenters. The molecular weight excluding hydrogens is 851 g/mol. The minimum atomic E-state index is -5.56. The number of carbonyl (C=O) groups excluding carboxylic acids is 3. The molecule has 0 bridgehead atoms. The number of carboxylic acid groups (broad SMARTS) is 1. The number of aliphatic carboxylic acids is 1. The summed E-state index contributed by atoms with van der Waals surface area (Å²) in [7, 11) is -16.4. The van der Waals surface area contributed by atoms with E-state index in [2.05, 4.69) is 34.4 Å². The summed E-state index contributed by atoms with van der Waals surface area (Å²) in [5, 5.41) is 34.0. The van der Waals surface area contributed by atoms with Gasteiger partial charge in [0.15, 0.2) is 22.8 Å². The molecule has 1 saturated heterocycles. The number of carboxylic acids is 1. The van der Waals surface area contributed by atoms with Gasteiger partial charge in [-0.15, -0.1) is 0 Å². The van der Waals surface area contributed by atoms with Crippen molar-refractivity contribution in [1.82, 2.24) is 30.2 Å². The number of amides is 2. The van der Waals surface area contributed by atoms with Gasteiger partial charge in [-0.1, -0.05) is 32.5 Å². The molecule has 0 radical (unpaired) electrons. The Balaban J connectivity index is 0.00000173. The van der Waals surface area contributed by atoms with Crippen LogP contribution in [-0.4, -0.2) is 134 Å². The molecule has 57 heavy (non-hydrogen) atoms. The molecule has 2 unspecified atom stereocenters. The zero-order valence-electron chi connectivity index (χ0n) is 30.8. The summed E-state index contributed by atoms with van der Waals surface area (Å²) in [5.74, 6) is -1.80. The van der Waals surface area contributed by atoms with Crippen molar-refractivity contribution >= 4 is 75.1 Å². The fourth-order valence-electron chi connectivity index (χ4n) is 4.54. The van der Waals surface area contributed by atoms with Crippen molar-refractivity contribution in [2.24, 2.45) is 5.41 Å². The highest BCUT2D eigenvalue weighted by molar-refractivity contribution is 8.13. The van der Waals surface area contributed by atoms with Crippen LogP contribution in [0.1, 0.15) is 53.2 Å². The first-order valence-electron chi connectivity index (χ1n) is 16.5. The lowest BCUT2D eigenvalue weighted by molar-refractivity contribution is -0.137. The molecule has 1 aliphatic heterocycles. The maximum Gasteiger partial charge on any atom is 0.481 e. The Bertz CT molecular complexity index is 1850. The third kappa shape index (κ3) is 17.0. The van der Waals surface area contributed by atoms with E-state index in [1.54, 1.807) is 0 Å². The minimum Gasteiger partial charge on any atom is -0.481 e. The van der Waals surface area contributed by atoms with Crippen LogP contribution < -0.4 is 16.4 Å². The van der Waals surface area contributed by atoms with E-state index < -0.39 is 90.5 Å². The van der Waals surface area contributed by atoms with Gasteiger partial charge in [-0.3, -0.25) is 37.3 Å². The average molecular weight is 898 g/mol. The molecule has 1 aliphatic rings. The van der Waals surface area contributed by atoms with E-state index in [0.29, 0.717) is 12.2 Å². The van der Waals surface area contributed by atoms with Gasteiger partial charge in [0.1, 0.15) is 36.3 Å². The van der Waals surface area contributed by atoms with Gasteiger partial charge in [-0.2, -0.15) is 4.31 Å². The van der Waals surface area contributed by atoms with Crippen LogP contribution in [-0.2, 0) is 55.5 Å². The number of rotatable bonds is 21. The van der Waals surface area contributed by atoms with Gasteiger partial charge in [0.2, 0.25) is 11.8 Å². The van der Waals surface area contributed by atoms with E-state index in [4.69, 9.17) is 24.6 Å². The highest BCUT2D eigenvalue weighted by Gasteiger charge is 2.50. The van der Waals surface area contributed by atoms with E-state index in [1.807, 2.05) is 6.92 Å². The number of fused-ring (bicyclic) bond motifs is 1. The molecule has 3 heterocycles. The summed E-state index contributed by atoms with van der Waals surface area (Å²) >= 11 is 1.03. The quantitative estimate of drug-likeness (QED) is 0.0560. The number of hydrogen-bond donors (Lipinski definition) is 10. The molecule has 0 spiro atoms. The van der Waals surface area contributed by atoms with Gasteiger partial charge >= 0.3 is 29.4 Å². The van der Waals surface area contributed by atoms with Crippen LogP contribution in [0.5, 0.6) is 0 Å². The summed E-state index contributed by atoms with van der Waals surface area (Å²) in [6.45, 7) is 3.74. The monoisotopic (exact) mass is 897 g/mol. The topological polar surface area (TPSA) is 401 Å². The number of aromatic nitrogens is 4. The van der Waals surface area contributed by atoms with E-state index in [0.717, 1.165) is 35.4 Å². The van der Waals surface area contributed by atoms with Crippen molar-refractivity contribution < 1.29 is 90.4 Å². The molecular formula is C27H46N7O19P3S. The van der Waals surface area contributed by atoms with Crippen LogP contribution in [0.25, 0.3) is 11.2 Å². The molecule has 0 saturated carbocycles. The second-order valence-corrected chi connectivity index (χ2v) is 18.1. The number of aliphatic hydroxyl groups is 2. The van der Waals surface area contributed by atoms with Gasteiger partial charge in [0, 0.05) is 44.0 Å². The molecule has 3 rings (SSSR count). The Morgan fingerprint density at radius 3 is 2.26 bits per heavy atom. The van der Waals surface area contributed by atoms with E-state index >= 15 is 0 Å². The lowest BCUT2D eigenvalue weighted by Gasteiger charge is -2.30. The third-order valence-electron chi connectivity index (χ3n) is 7.27. The molecule has 26 nitrogen and oxygen atoms in total. The van der Waals surface area contributed by atoms with Gasteiger partial charge in [-0.25, -0.2) is 28.6 Å². The predicted octanol–water partition coefficient (Wildman–Crippen LogP) is -0.444. The first-order chi connectivity index (χ1) is 26.3. The van der Waals surface area contributed by atoms with Crippen molar-refractivity contribution in [2.45, 2.75) is 77.6 Å². The normalized spacial score (nSPS) is 21.1. The molecule has 11 N–H and O–H groups in total. The number of phosphoric acid groups is 3. The highest BCUT2D eigenvalue weighted by atomic mass is 32.2. The number of phosphoric ester groups is 3. The maximum absolute atomic E-state index is 12.6. The molecule has 0 aromatic carbocycles. The summed E-state index contributed by atoms with van der Waals surface area (Å²) < 4.78 is 61.8. The van der Waals surface area contributed by atoms with E-state index in [1.165, 1.54) is 20.8 Å². The van der Waals surface area contributed by atoms with Crippen LogP contribution in [0.4, 0.5) is 5.82 Å². The molecule has 2 aromatic rings. The first kappa shape index (κ1) is 50.2. The fraction of sp³-hybridized carbons (Fsp3) is 0.667. The smallest absolute Gasteiger partial charge is 0.481 e. The summed E-state index contributed by atoms with van der Waals surface area (Å²) in [4.78, 5) is 95.5. The number of nitrogens with zero attached hydrogens (tertiary/aromatic N) is 4. The number of thioether (sulfide) groups is 1. The number of nitrogen functional groups attached to an aromatic ring is 1. The van der Waals surface area contributed by atoms with Crippen molar-refractivity contribution in [3.63, 3.8) is 0 Å². The molecule has 30 heteroatoms. The number of aliphatic hydroxyl groups excluding tert-OH is 2. The molecule has 1 fully saturated rings. The lowest BCUT2D eigenvalue weighted by atomic mass is 9.87. The number of imidazole rings is 1. The first-order valence-corrected chi connectivity index (χ1v) is 22.0. The number of carbonyl (C=O) groups is 4. The van der Waals surface area contributed by atoms with E-state index in [9.17, 15) is 62.7 Å².